The highest BCUT2D eigenvalue weighted by Gasteiger charge is 2.13. The van der Waals surface area contributed by atoms with Crippen LogP contribution < -0.4 is 20.9 Å². The Morgan fingerprint density at radius 3 is 2.62 bits per heavy atom. The number of benzene rings is 2. The van der Waals surface area contributed by atoms with Gasteiger partial charge in [0, 0.05) is 10.6 Å². The number of carbonyl (C=O) groups is 2. The van der Waals surface area contributed by atoms with Gasteiger partial charge in [-0.1, -0.05) is 42.5 Å². The van der Waals surface area contributed by atoms with Crippen molar-refractivity contribution in [2.75, 3.05) is 6.61 Å². The third-order valence-corrected chi connectivity index (χ3v) is 3.53. The van der Waals surface area contributed by atoms with Crippen molar-refractivity contribution in [2.24, 2.45) is 0 Å². The molecule has 26 heavy (non-hydrogen) atoms. The summed E-state index contributed by atoms with van der Waals surface area (Å²) in [5.74, 6) is -0.515. The molecule has 6 nitrogen and oxygen atoms in total. The van der Waals surface area contributed by atoms with Crippen molar-refractivity contribution in [1.29, 1.82) is 0 Å². The molecule has 0 aliphatic carbocycles. The minimum absolute atomic E-state index is 0.0622. The Hall–Kier alpha value is -2.90. The minimum atomic E-state index is -0.469. The average molecular weight is 390 g/mol. The van der Waals surface area contributed by atoms with Gasteiger partial charge in [-0.25, -0.2) is 0 Å². The Morgan fingerprint density at radius 2 is 1.88 bits per heavy atom. The summed E-state index contributed by atoms with van der Waals surface area (Å²) in [7, 11) is 0. The molecule has 2 aromatic carbocycles. The summed E-state index contributed by atoms with van der Waals surface area (Å²) in [6.45, 7) is 3.83. The highest BCUT2D eigenvalue weighted by Crippen LogP contribution is 2.17. The second-order valence-corrected chi connectivity index (χ2v) is 5.81. The molecule has 0 atom stereocenters. The van der Waals surface area contributed by atoms with Gasteiger partial charge in [-0.15, -0.1) is 0 Å². The molecule has 2 amide bonds. The Morgan fingerprint density at radius 1 is 1.12 bits per heavy atom. The molecule has 0 spiro atoms. The number of para-hydroxylation sites is 1. The van der Waals surface area contributed by atoms with E-state index in [-0.39, 0.29) is 11.7 Å². The van der Waals surface area contributed by atoms with E-state index in [9.17, 15) is 9.59 Å². The SMILES string of the molecule is C=CCOc1ccccc1C(=O)NNC(=S)NC(=O)c1cccc(Cl)c1. The van der Waals surface area contributed by atoms with Crippen molar-refractivity contribution < 1.29 is 14.3 Å². The number of rotatable bonds is 5. The van der Waals surface area contributed by atoms with Gasteiger partial charge in [0.15, 0.2) is 5.11 Å². The molecule has 0 aromatic heterocycles. The first-order valence-electron chi connectivity index (χ1n) is 7.51. The number of carbonyl (C=O) groups excluding carboxylic acids is 2. The Bertz CT molecular complexity index is 842. The third-order valence-electron chi connectivity index (χ3n) is 3.09. The van der Waals surface area contributed by atoms with Crippen LogP contribution in [0.25, 0.3) is 0 Å². The van der Waals surface area contributed by atoms with E-state index < -0.39 is 11.8 Å². The predicted molar refractivity (Wildman–Crippen MR) is 104 cm³/mol. The van der Waals surface area contributed by atoms with Gasteiger partial charge >= 0.3 is 0 Å². The molecular weight excluding hydrogens is 374 g/mol. The third kappa shape index (κ3) is 5.58. The molecule has 8 heteroatoms. The molecule has 0 aliphatic rings. The van der Waals surface area contributed by atoms with Crippen molar-refractivity contribution in [3.05, 3.63) is 77.3 Å². The van der Waals surface area contributed by atoms with Gasteiger partial charge in [0.25, 0.3) is 11.8 Å². The summed E-state index contributed by atoms with van der Waals surface area (Å²) in [6.07, 6.45) is 1.58. The van der Waals surface area contributed by atoms with Crippen LogP contribution in [0.1, 0.15) is 20.7 Å². The molecule has 0 saturated heterocycles. The highest BCUT2D eigenvalue weighted by molar-refractivity contribution is 7.80. The van der Waals surface area contributed by atoms with Crippen LogP contribution in [0.5, 0.6) is 5.75 Å². The van der Waals surface area contributed by atoms with E-state index in [4.69, 9.17) is 28.6 Å². The summed E-state index contributed by atoms with van der Waals surface area (Å²) >= 11 is 10.8. The zero-order chi connectivity index (χ0) is 18.9. The number of hydrogen-bond acceptors (Lipinski definition) is 4. The summed E-state index contributed by atoms with van der Waals surface area (Å²) in [5, 5.41) is 2.81. The standard InChI is InChI=1S/C18H16ClN3O3S/c1-2-10-25-15-9-4-3-8-14(15)17(24)21-22-18(26)20-16(23)12-6-5-7-13(19)11-12/h2-9,11H,1,10H2,(H,21,24)(H2,20,22,23,26). The first kappa shape index (κ1) is 19.4. The number of halogens is 1. The first-order valence-corrected chi connectivity index (χ1v) is 8.30. The van der Waals surface area contributed by atoms with E-state index in [0.717, 1.165) is 0 Å². The molecule has 0 saturated carbocycles. The van der Waals surface area contributed by atoms with Crippen LogP contribution in [0.4, 0.5) is 0 Å². The molecule has 134 valence electrons. The minimum Gasteiger partial charge on any atom is -0.489 e. The van der Waals surface area contributed by atoms with E-state index in [2.05, 4.69) is 22.7 Å². The lowest BCUT2D eigenvalue weighted by atomic mass is 10.2. The van der Waals surface area contributed by atoms with Gasteiger partial charge < -0.3 is 4.74 Å². The van der Waals surface area contributed by atoms with E-state index in [1.54, 1.807) is 48.5 Å². The monoisotopic (exact) mass is 389 g/mol. The van der Waals surface area contributed by atoms with E-state index in [1.807, 2.05) is 0 Å². The van der Waals surface area contributed by atoms with Gasteiger partial charge in [-0.2, -0.15) is 0 Å². The lowest BCUT2D eigenvalue weighted by Crippen LogP contribution is -2.48. The predicted octanol–water partition coefficient (Wildman–Crippen LogP) is 2.85. The maximum atomic E-state index is 12.3. The molecule has 2 rings (SSSR count). The van der Waals surface area contributed by atoms with Gasteiger partial charge in [0.1, 0.15) is 12.4 Å². The van der Waals surface area contributed by atoms with Crippen LogP contribution >= 0.6 is 23.8 Å². The van der Waals surface area contributed by atoms with E-state index in [0.29, 0.717) is 21.9 Å². The van der Waals surface area contributed by atoms with Crippen molar-refractivity contribution in [3.63, 3.8) is 0 Å². The average Bonchev–Trinajstić information content (AvgIpc) is 2.64. The fourth-order valence-electron chi connectivity index (χ4n) is 1.95. The molecule has 0 bridgehead atoms. The maximum Gasteiger partial charge on any atom is 0.273 e. The van der Waals surface area contributed by atoms with Gasteiger partial charge in [0.05, 0.1) is 5.56 Å². The van der Waals surface area contributed by atoms with E-state index >= 15 is 0 Å². The van der Waals surface area contributed by atoms with Crippen LogP contribution in [0.15, 0.2) is 61.2 Å². The fraction of sp³-hybridized carbons (Fsp3) is 0.0556. The summed E-state index contributed by atoms with van der Waals surface area (Å²) in [5.41, 5.74) is 5.53. The topological polar surface area (TPSA) is 79.5 Å². The quantitative estimate of drug-likeness (QED) is 0.416. The van der Waals surface area contributed by atoms with Crippen LogP contribution in [0.2, 0.25) is 5.02 Å². The first-order chi connectivity index (χ1) is 12.5. The Kier molecular flexibility index (Phi) is 7.13. The second kappa shape index (κ2) is 9.55. The lowest BCUT2D eigenvalue weighted by molar-refractivity contribution is 0.0931. The molecule has 2 aromatic rings. The summed E-state index contributed by atoms with van der Waals surface area (Å²) in [6, 6.07) is 13.1. The lowest BCUT2D eigenvalue weighted by Gasteiger charge is -2.13. The summed E-state index contributed by atoms with van der Waals surface area (Å²) < 4.78 is 5.43. The van der Waals surface area contributed by atoms with Crippen LogP contribution in [0, 0.1) is 0 Å². The number of ether oxygens (including phenoxy) is 1. The number of amides is 2. The van der Waals surface area contributed by atoms with Crippen molar-refractivity contribution in [1.82, 2.24) is 16.2 Å². The molecule has 0 heterocycles. The number of hydrogen-bond donors (Lipinski definition) is 3. The largest absolute Gasteiger partial charge is 0.489 e. The molecule has 0 radical (unpaired) electrons. The second-order valence-electron chi connectivity index (χ2n) is 4.97. The molecular formula is C18H16ClN3O3S. The van der Waals surface area contributed by atoms with Crippen LogP contribution in [0.3, 0.4) is 0 Å². The maximum absolute atomic E-state index is 12.3. The van der Waals surface area contributed by atoms with Crippen molar-refractivity contribution in [2.45, 2.75) is 0 Å². The molecule has 3 N–H and O–H groups in total. The highest BCUT2D eigenvalue weighted by atomic mass is 35.5. The molecule has 0 aliphatic heterocycles. The van der Waals surface area contributed by atoms with Gasteiger partial charge in [-0.3, -0.25) is 25.8 Å². The zero-order valence-corrected chi connectivity index (χ0v) is 15.2. The Labute approximate surface area is 161 Å². The summed E-state index contributed by atoms with van der Waals surface area (Å²) in [4.78, 5) is 24.3. The van der Waals surface area contributed by atoms with E-state index in [1.165, 1.54) is 6.07 Å². The van der Waals surface area contributed by atoms with Crippen LogP contribution in [-0.2, 0) is 0 Å². The Balaban J connectivity index is 1.92. The van der Waals surface area contributed by atoms with Gasteiger partial charge in [-0.05, 0) is 42.5 Å². The van der Waals surface area contributed by atoms with Crippen LogP contribution in [-0.4, -0.2) is 23.5 Å². The zero-order valence-electron chi connectivity index (χ0n) is 13.6. The molecule has 0 fully saturated rings. The number of thiocarbonyl (C=S) groups is 1. The van der Waals surface area contributed by atoms with Crippen molar-refractivity contribution >= 4 is 40.7 Å². The van der Waals surface area contributed by atoms with Gasteiger partial charge in [0.2, 0.25) is 0 Å². The fourth-order valence-corrected chi connectivity index (χ4v) is 2.28. The number of nitrogens with one attached hydrogen (secondary N) is 3. The molecule has 0 unspecified atom stereocenters. The normalized spacial score (nSPS) is 9.73. The van der Waals surface area contributed by atoms with Crippen molar-refractivity contribution in [3.8, 4) is 5.75 Å². The smallest absolute Gasteiger partial charge is 0.273 e. The number of hydrazine groups is 1.